The average molecular weight is 170 g/mol. The maximum Gasteiger partial charge on any atom is 0.0912 e. The van der Waals surface area contributed by atoms with Crippen molar-refractivity contribution in [1.29, 1.82) is 5.26 Å². The quantitative estimate of drug-likeness (QED) is 0.639. The predicted octanol–water partition coefficient (Wildman–Crippen LogP) is 2.57. The minimum atomic E-state index is 0.788. The van der Waals surface area contributed by atoms with Gasteiger partial charge in [0.25, 0.3) is 0 Å². The molecule has 0 spiro atoms. The van der Waals surface area contributed by atoms with Crippen molar-refractivity contribution in [3.8, 4) is 6.07 Å². The number of rotatable bonds is 2. The number of hydrogen-bond acceptors (Lipinski definition) is 2. The average Bonchev–Trinajstić information content (AvgIpc) is 2.15. The van der Waals surface area contributed by atoms with Crippen LogP contribution >= 0.6 is 0 Å². The summed E-state index contributed by atoms with van der Waals surface area (Å²) >= 11 is 0. The molecule has 2 nitrogen and oxygen atoms in total. The second kappa shape index (κ2) is 4.22. The molecule has 0 N–H and O–H groups in total. The molecule has 1 rings (SSSR count). The molecule has 64 valence electrons. The molecule has 0 fully saturated rings. The van der Waals surface area contributed by atoms with E-state index in [1.807, 2.05) is 19.1 Å². The molecule has 1 aromatic rings. The molecule has 0 radical (unpaired) electrons. The predicted molar refractivity (Wildman–Crippen MR) is 53.7 cm³/mol. The summed E-state index contributed by atoms with van der Waals surface area (Å²) in [5.41, 5.74) is 2.88. The summed E-state index contributed by atoms with van der Waals surface area (Å²) in [6.45, 7) is 5.69. The number of hydrogen-bond donors (Lipinski definition) is 0. The van der Waals surface area contributed by atoms with Gasteiger partial charge in [-0.2, -0.15) is 5.26 Å². The van der Waals surface area contributed by atoms with Crippen LogP contribution in [0.3, 0.4) is 0 Å². The second-order valence-electron chi connectivity index (χ2n) is 2.59. The Morgan fingerprint density at radius 1 is 1.62 bits per heavy atom. The molecule has 1 aromatic heterocycles. The van der Waals surface area contributed by atoms with Gasteiger partial charge in [0, 0.05) is 17.8 Å². The van der Waals surface area contributed by atoms with Crippen molar-refractivity contribution in [1.82, 2.24) is 4.98 Å². The highest BCUT2D eigenvalue weighted by molar-refractivity contribution is 5.64. The van der Waals surface area contributed by atoms with Crippen molar-refractivity contribution in [2.45, 2.75) is 6.92 Å². The maximum atomic E-state index is 8.37. The minimum Gasteiger partial charge on any atom is -0.256 e. The fourth-order valence-electron chi connectivity index (χ4n) is 1.11. The standard InChI is InChI=1S/C11H10N2/c1-3-10-9(2)6-8-13-11(10)5-4-7-12/h3-6,8H,1H2,2H3. The molecule has 0 saturated heterocycles. The number of nitriles is 1. The number of nitrogens with zero attached hydrogens (tertiary/aromatic N) is 2. The summed E-state index contributed by atoms with van der Waals surface area (Å²) in [5.74, 6) is 0. The number of pyridine rings is 1. The molecular weight excluding hydrogens is 160 g/mol. The third-order valence-electron chi connectivity index (χ3n) is 1.76. The largest absolute Gasteiger partial charge is 0.256 e. The van der Waals surface area contributed by atoms with Crippen LogP contribution in [0.4, 0.5) is 0 Å². The van der Waals surface area contributed by atoms with E-state index in [1.165, 1.54) is 6.08 Å². The highest BCUT2D eigenvalue weighted by Crippen LogP contribution is 2.13. The lowest BCUT2D eigenvalue weighted by Crippen LogP contribution is -1.89. The number of aromatic nitrogens is 1. The van der Waals surface area contributed by atoms with Crippen LogP contribution in [-0.2, 0) is 0 Å². The first-order chi connectivity index (χ1) is 6.29. The van der Waals surface area contributed by atoms with E-state index >= 15 is 0 Å². The molecule has 0 unspecified atom stereocenters. The monoisotopic (exact) mass is 170 g/mol. The zero-order valence-corrected chi connectivity index (χ0v) is 7.49. The smallest absolute Gasteiger partial charge is 0.0912 e. The Kier molecular flexibility index (Phi) is 2.99. The van der Waals surface area contributed by atoms with Crippen LogP contribution in [0.25, 0.3) is 12.2 Å². The van der Waals surface area contributed by atoms with E-state index in [0.717, 1.165) is 16.8 Å². The van der Waals surface area contributed by atoms with Crippen LogP contribution < -0.4 is 0 Å². The summed E-state index contributed by atoms with van der Waals surface area (Å²) in [6, 6.07) is 3.85. The second-order valence-corrected chi connectivity index (χ2v) is 2.59. The van der Waals surface area contributed by atoms with Crippen LogP contribution in [0.15, 0.2) is 24.9 Å². The van der Waals surface area contributed by atoms with Crippen LogP contribution in [0.5, 0.6) is 0 Å². The lowest BCUT2D eigenvalue weighted by Gasteiger charge is -2.02. The minimum absolute atomic E-state index is 0.788. The fraction of sp³-hybridized carbons (Fsp3) is 0.0909. The summed E-state index contributed by atoms with van der Waals surface area (Å²) in [6.07, 6.45) is 6.57. The Labute approximate surface area is 77.9 Å². The Morgan fingerprint density at radius 3 is 3.00 bits per heavy atom. The molecule has 0 bridgehead atoms. The molecular formula is C11H10N2. The molecule has 0 aliphatic rings. The molecule has 0 aliphatic heterocycles. The first kappa shape index (κ1) is 9.21. The summed E-state index contributed by atoms with van der Waals surface area (Å²) in [7, 11) is 0. The SMILES string of the molecule is C=Cc1c(C)ccnc1C=CC#N. The zero-order chi connectivity index (χ0) is 9.68. The van der Waals surface area contributed by atoms with Crippen molar-refractivity contribution in [2.75, 3.05) is 0 Å². The Morgan fingerprint density at radius 2 is 2.38 bits per heavy atom. The van der Waals surface area contributed by atoms with Gasteiger partial charge in [-0.15, -0.1) is 0 Å². The Bertz CT molecular complexity index is 384. The van der Waals surface area contributed by atoms with Gasteiger partial charge >= 0.3 is 0 Å². The number of allylic oxidation sites excluding steroid dienone is 1. The van der Waals surface area contributed by atoms with Gasteiger partial charge in [-0.3, -0.25) is 4.98 Å². The normalized spacial score (nSPS) is 9.85. The van der Waals surface area contributed by atoms with Gasteiger partial charge in [-0.05, 0) is 24.6 Å². The van der Waals surface area contributed by atoms with E-state index in [-0.39, 0.29) is 0 Å². The van der Waals surface area contributed by atoms with Gasteiger partial charge in [-0.1, -0.05) is 12.7 Å². The molecule has 0 aliphatic carbocycles. The summed E-state index contributed by atoms with van der Waals surface area (Å²) < 4.78 is 0. The molecule has 0 aromatic carbocycles. The summed E-state index contributed by atoms with van der Waals surface area (Å²) in [5, 5.41) is 8.37. The zero-order valence-electron chi connectivity index (χ0n) is 7.49. The van der Waals surface area contributed by atoms with Gasteiger partial charge in [0.1, 0.15) is 0 Å². The molecule has 0 amide bonds. The van der Waals surface area contributed by atoms with E-state index in [0.29, 0.717) is 0 Å². The van der Waals surface area contributed by atoms with Crippen molar-refractivity contribution >= 4 is 12.2 Å². The van der Waals surface area contributed by atoms with Crippen LogP contribution in [0.2, 0.25) is 0 Å². The highest BCUT2D eigenvalue weighted by Gasteiger charge is 1.98. The molecule has 2 heteroatoms. The molecule has 0 saturated carbocycles. The Balaban J connectivity index is 3.22. The van der Waals surface area contributed by atoms with E-state index in [9.17, 15) is 0 Å². The van der Waals surface area contributed by atoms with Gasteiger partial charge in [0.2, 0.25) is 0 Å². The van der Waals surface area contributed by atoms with Crippen molar-refractivity contribution in [3.63, 3.8) is 0 Å². The van der Waals surface area contributed by atoms with E-state index < -0.39 is 0 Å². The van der Waals surface area contributed by atoms with Crippen molar-refractivity contribution in [3.05, 3.63) is 41.7 Å². The van der Waals surface area contributed by atoms with Gasteiger partial charge < -0.3 is 0 Å². The van der Waals surface area contributed by atoms with Crippen LogP contribution in [0.1, 0.15) is 16.8 Å². The lowest BCUT2D eigenvalue weighted by molar-refractivity contribution is 1.24. The van der Waals surface area contributed by atoms with Crippen molar-refractivity contribution < 1.29 is 0 Å². The van der Waals surface area contributed by atoms with Gasteiger partial charge in [-0.25, -0.2) is 0 Å². The van der Waals surface area contributed by atoms with E-state index in [1.54, 1.807) is 18.3 Å². The van der Waals surface area contributed by atoms with E-state index in [4.69, 9.17) is 5.26 Å². The number of aryl methyl sites for hydroxylation is 1. The lowest BCUT2D eigenvalue weighted by atomic mass is 10.1. The maximum absolute atomic E-state index is 8.37. The van der Waals surface area contributed by atoms with Gasteiger partial charge in [0.05, 0.1) is 11.8 Å². The topological polar surface area (TPSA) is 36.7 Å². The third kappa shape index (κ3) is 2.03. The highest BCUT2D eigenvalue weighted by atomic mass is 14.7. The van der Waals surface area contributed by atoms with Crippen LogP contribution in [-0.4, -0.2) is 4.98 Å². The van der Waals surface area contributed by atoms with Crippen LogP contribution in [0, 0.1) is 18.3 Å². The first-order valence-corrected chi connectivity index (χ1v) is 3.94. The molecule has 1 heterocycles. The third-order valence-corrected chi connectivity index (χ3v) is 1.76. The first-order valence-electron chi connectivity index (χ1n) is 3.94. The molecule has 0 atom stereocenters. The molecule has 13 heavy (non-hydrogen) atoms. The van der Waals surface area contributed by atoms with Gasteiger partial charge in [0.15, 0.2) is 0 Å². The Hall–Kier alpha value is -1.88. The van der Waals surface area contributed by atoms with Crippen molar-refractivity contribution in [2.24, 2.45) is 0 Å². The summed E-state index contributed by atoms with van der Waals surface area (Å²) in [4.78, 5) is 4.14. The van der Waals surface area contributed by atoms with E-state index in [2.05, 4.69) is 11.6 Å². The fourth-order valence-corrected chi connectivity index (χ4v) is 1.11.